The number of carbonyl (C=O) groups is 6. The zero-order chi connectivity index (χ0) is 96.4. The molecule has 0 saturated carbocycles. The maximum Gasteiger partial charge on any atom is 0.364 e. The monoisotopic (exact) mass is 1910 g/mol. The number of hydrogen-bond donors (Lipinski definition) is 35. The molecule has 10 fully saturated rings. The topological polar surface area (TPSA) is 975 Å². The lowest BCUT2D eigenvalue weighted by molar-refractivity contribution is -0.410. The molecular formula is C70H113N3O57. The van der Waals surface area contributed by atoms with Gasteiger partial charge in [-0.1, -0.05) is 0 Å². The molecule has 0 aromatic carbocycles. The lowest BCUT2D eigenvalue weighted by Gasteiger charge is -2.53. The number of amides is 2. The predicted octanol–water partition coefficient (Wildman–Crippen LogP) is -22.9. The third-order valence-electron chi connectivity index (χ3n) is 23.6. The minimum atomic E-state index is -4.01. The number of carboxylic acid groups (broad SMARTS) is 4. The molecule has 10 rings (SSSR count). The van der Waals surface area contributed by atoms with Gasteiger partial charge >= 0.3 is 23.9 Å². The molecule has 36 N–H and O–H groups in total. The van der Waals surface area contributed by atoms with Crippen molar-refractivity contribution in [2.75, 3.05) is 59.5 Å². The molecule has 0 unspecified atom stereocenters. The van der Waals surface area contributed by atoms with Gasteiger partial charge in [0, 0.05) is 33.1 Å². The van der Waals surface area contributed by atoms with Gasteiger partial charge < -0.3 is 270 Å². The van der Waals surface area contributed by atoms with Crippen LogP contribution in [0.5, 0.6) is 0 Å². The van der Waals surface area contributed by atoms with Gasteiger partial charge in [-0.3, -0.25) is 9.59 Å². The average Bonchev–Trinajstić information content (AvgIpc) is 0.733. The van der Waals surface area contributed by atoms with Gasteiger partial charge in [-0.25, -0.2) is 19.2 Å². The molecule has 0 aromatic rings. The van der Waals surface area contributed by atoms with Gasteiger partial charge in [0.25, 0.3) is 17.4 Å². The third-order valence-corrected chi connectivity index (χ3v) is 23.6. The molecule has 750 valence electrons. The predicted molar refractivity (Wildman–Crippen MR) is 389 cm³/mol. The Labute approximate surface area is 730 Å². The highest BCUT2D eigenvalue weighted by Gasteiger charge is 2.68. The Bertz CT molecular complexity index is 3690. The van der Waals surface area contributed by atoms with Gasteiger partial charge in [0.2, 0.25) is 11.8 Å². The average molecular weight is 1910 g/mol. The Morgan fingerprint density at radius 1 is 0.362 bits per heavy atom. The zero-order valence-electron chi connectivity index (χ0n) is 68.2. The highest BCUT2D eigenvalue weighted by molar-refractivity contribution is 5.78. The van der Waals surface area contributed by atoms with Crippen LogP contribution in [-0.4, -0.2) is 564 Å². The van der Waals surface area contributed by atoms with Gasteiger partial charge in [0.05, 0.1) is 83.8 Å². The van der Waals surface area contributed by atoms with Crippen LogP contribution in [0, 0.1) is 0 Å². The number of ether oxygens (including phenoxy) is 19. The van der Waals surface area contributed by atoms with E-state index < -0.39 is 420 Å². The van der Waals surface area contributed by atoms with Crippen molar-refractivity contribution in [3.63, 3.8) is 0 Å². The Kier molecular flexibility index (Phi) is 36.7. The molecule has 10 aliphatic rings. The molecule has 0 radical (unpaired) electrons. The highest BCUT2D eigenvalue weighted by Crippen LogP contribution is 2.47. The minimum Gasteiger partial charge on any atom is -0.479 e. The number of hydrogen-bond acceptors (Lipinski definition) is 54. The highest BCUT2D eigenvalue weighted by atomic mass is 16.8. The van der Waals surface area contributed by atoms with Crippen molar-refractivity contribution in [3.8, 4) is 0 Å². The Hall–Kier alpha value is -5.10. The normalized spacial score (nSPS) is 48.1. The smallest absolute Gasteiger partial charge is 0.364 e. The third kappa shape index (κ3) is 22.2. The Balaban J connectivity index is 1.04. The van der Waals surface area contributed by atoms with Crippen LogP contribution in [0.4, 0.5) is 0 Å². The largest absolute Gasteiger partial charge is 0.479 e. The summed E-state index contributed by atoms with van der Waals surface area (Å²) in [5.74, 6) is -23.5. The van der Waals surface area contributed by atoms with Gasteiger partial charge in [-0.05, 0) is 0 Å². The van der Waals surface area contributed by atoms with E-state index in [-0.39, 0.29) is 0 Å². The van der Waals surface area contributed by atoms with Gasteiger partial charge in [-0.15, -0.1) is 0 Å². The van der Waals surface area contributed by atoms with Crippen molar-refractivity contribution in [1.29, 1.82) is 0 Å². The van der Waals surface area contributed by atoms with E-state index in [1.807, 2.05) is 0 Å². The van der Waals surface area contributed by atoms with Gasteiger partial charge in [0.15, 0.2) is 50.1 Å². The standard InChI is InChI=1S/C70H113N3O57/c1-15(83)72-30-39(95)34(90)23(9-77)114-59(30)124-55-53(122-63-46(102)42(98)49(26(12-80)119-63)120-62-45(101)43(99)50(27(13-81)118-62)121-64-54(41(97)36(92)25(11-79)116-64)123-61-44(100)40(96)35(91)24(10-78)115-61)31(73-16(2)84)60(125-56(55)57(103)104)112-20-5-70(67(109)110,129-51(37(20)93)28(14-82)117-58-29(71)38(94)33(89)22(8-76)113-58)130-52-21(4-68(111,65(105)106)127-48(52)19(87)7-75)126-69(66(107)108)3-17(85)32(88)47(128-69)18(86)6-74/h17-56,58-64,74-82,85-102,111H,3-14,71H2,1-2H3,(H,72,83)(H,73,84)(H,103,104)(H,105,106)(H,107,108)(H,109,110)/t17-,18-,19-,20-,21-,22-,23-,24-,25-,26-,27-,28-,29-,30-,31-,32-,33-,34+,35-,36-,37-,38-,39-,40+,41+,42-,43-,44-,45-,46-,47-,48-,49-,50-,51-,52-,53-,54-,55+,56+,58+,59-,60+,61-,62+,63+,64+,68-,69-,70+/m1/s1. The first-order chi connectivity index (χ1) is 61.1. The summed E-state index contributed by atoms with van der Waals surface area (Å²) in [4.78, 5) is 82.4. The summed E-state index contributed by atoms with van der Waals surface area (Å²) >= 11 is 0. The van der Waals surface area contributed by atoms with Crippen LogP contribution >= 0.6 is 0 Å². The first-order valence-corrected chi connectivity index (χ1v) is 40.4. The fraction of sp³-hybridized carbons (Fsp3) is 0.914. The van der Waals surface area contributed by atoms with E-state index in [4.69, 9.17) is 95.7 Å². The number of aliphatic hydroxyl groups is 28. The van der Waals surface area contributed by atoms with E-state index in [0.29, 0.717) is 6.92 Å². The van der Waals surface area contributed by atoms with Crippen LogP contribution in [0.2, 0.25) is 0 Å². The summed E-state index contributed by atoms with van der Waals surface area (Å²) in [5.41, 5.74) is 6.19. The molecule has 130 heavy (non-hydrogen) atoms. The van der Waals surface area contributed by atoms with E-state index in [2.05, 4.69) is 10.6 Å². The fourth-order valence-corrected chi connectivity index (χ4v) is 16.6. The molecule has 0 aliphatic carbocycles. The van der Waals surface area contributed by atoms with Crippen molar-refractivity contribution >= 4 is 35.7 Å². The van der Waals surface area contributed by atoms with Crippen molar-refractivity contribution in [2.24, 2.45) is 5.73 Å². The van der Waals surface area contributed by atoms with Crippen LogP contribution in [0.25, 0.3) is 0 Å². The van der Waals surface area contributed by atoms with Crippen molar-refractivity contribution in [1.82, 2.24) is 10.6 Å². The number of aliphatic carboxylic acids is 4. The quantitative estimate of drug-likeness (QED) is 0.0277. The van der Waals surface area contributed by atoms with Crippen LogP contribution < -0.4 is 16.4 Å². The van der Waals surface area contributed by atoms with Crippen molar-refractivity contribution in [2.45, 2.75) is 338 Å². The van der Waals surface area contributed by atoms with Gasteiger partial charge in [0.1, 0.15) is 214 Å². The summed E-state index contributed by atoms with van der Waals surface area (Å²) in [6.45, 7) is -10.3. The maximum absolute atomic E-state index is 14.7. The zero-order valence-corrected chi connectivity index (χ0v) is 68.2. The summed E-state index contributed by atoms with van der Waals surface area (Å²) < 4.78 is 111. The molecule has 10 aliphatic heterocycles. The second-order valence-corrected chi connectivity index (χ2v) is 32.4. The second kappa shape index (κ2) is 44.6. The molecule has 0 aromatic heterocycles. The summed E-state index contributed by atoms with van der Waals surface area (Å²) in [6.07, 6.45) is -110. The lowest BCUT2D eigenvalue weighted by Crippen LogP contribution is -2.73. The van der Waals surface area contributed by atoms with Crippen molar-refractivity contribution in [3.05, 3.63) is 0 Å². The Morgan fingerprint density at radius 2 is 0.769 bits per heavy atom. The Morgan fingerprint density at radius 3 is 1.26 bits per heavy atom. The van der Waals surface area contributed by atoms with Crippen LogP contribution in [0.1, 0.15) is 33.1 Å². The first-order valence-electron chi connectivity index (χ1n) is 40.4. The molecule has 10 heterocycles. The number of nitrogens with one attached hydrogen (secondary N) is 2. The minimum absolute atomic E-state index is 0.700. The van der Waals surface area contributed by atoms with E-state index >= 15 is 0 Å². The summed E-state index contributed by atoms with van der Waals surface area (Å²) in [5, 5.41) is 359. The maximum atomic E-state index is 14.7. The van der Waals surface area contributed by atoms with Crippen LogP contribution in [0.3, 0.4) is 0 Å². The van der Waals surface area contributed by atoms with E-state index in [9.17, 15) is 192 Å². The molecule has 2 amide bonds. The van der Waals surface area contributed by atoms with Crippen LogP contribution in [0.15, 0.2) is 0 Å². The number of carbonyl (C=O) groups excluding carboxylic acids is 2. The molecule has 50 atom stereocenters. The second-order valence-electron chi connectivity index (χ2n) is 32.4. The molecular weight excluding hydrogens is 1790 g/mol. The van der Waals surface area contributed by atoms with Crippen LogP contribution in [-0.2, 0) is 119 Å². The number of rotatable bonds is 36. The summed E-state index contributed by atoms with van der Waals surface area (Å²) in [6, 6.07) is -6.66. The van der Waals surface area contributed by atoms with E-state index in [0.717, 1.165) is 6.92 Å². The lowest BCUT2D eigenvalue weighted by atomic mass is 9.88. The molecule has 60 nitrogen and oxygen atoms in total. The van der Waals surface area contributed by atoms with Gasteiger partial charge in [-0.2, -0.15) is 0 Å². The fourth-order valence-electron chi connectivity index (χ4n) is 16.6. The van der Waals surface area contributed by atoms with Crippen molar-refractivity contribution < 1.29 is 282 Å². The SMILES string of the molecule is CC(=O)N[C@H]1[C@@H](O[C@H]2[C@H](O[C@@H]3O[C@H](CO)[C@@H](O[C@@H]4O[C@H](CO)[C@@H](O[C@@H]5O[C@H](CO)[C@@H](O)[C@H](O)[C@H]5O[C@H]5O[C@H](CO)[C@@H](O)[C@H](O)[C@H]5O)[C@H](O)[C@H]4O)[C@H](O)[C@H]3O)[C@@H](NC(C)=O)[C@@H](O[C@@H]3C[C@](O[C@H]4[C@@H]([C@H](O)CO)O[C@@](O)(C(=O)O)C[C@H]4O[C@]4(C(=O)O)C[C@@H](O)[C@@H](O)[C@@H]([C@H](O)CO)O4)(C(=O)O)O[C@H]([C@@H](CO)O[C@@H]4O[C@H](CO)[C@@H](O)[C@H](O)[C@H]4N)[C@@H]3O)O[C@@H]2C(=O)O)O[C@H](CO)[C@H](O)[C@@H]1O. The number of nitrogens with two attached hydrogens (primary N) is 1. The molecule has 0 spiro atoms. The molecule has 60 heteroatoms. The molecule has 10 saturated heterocycles. The first kappa shape index (κ1) is 107. The summed E-state index contributed by atoms with van der Waals surface area (Å²) in [7, 11) is 0. The number of aliphatic hydroxyl groups excluding tert-OH is 27. The van der Waals surface area contributed by atoms with E-state index in [1.165, 1.54) is 0 Å². The number of carboxylic acids is 4. The molecule has 0 bridgehead atoms. The van der Waals surface area contributed by atoms with E-state index in [1.54, 1.807) is 0 Å².